The summed E-state index contributed by atoms with van der Waals surface area (Å²) in [7, 11) is 1.50. The smallest absolute Gasteiger partial charge is 0.293 e. The number of nitrogens with zero attached hydrogens (tertiary/aromatic N) is 2. The number of hydrogen-bond acceptors (Lipinski definition) is 3. The fourth-order valence-electron chi connectivity index (χ4n) is 2.37. The molecule has 1 aromatic heterocycles. The van der Waals surface area contributed by atoms with E-state index in [9.17, 15) is 9.59 Å². The van der Waals surface area contributed by atoms with Gasteiger partial charge in [-0.25, -0.2) is 0 Å². The lowest BCUT2D eigenvalue weighted by Crippen LogP contribution is -2.22. The quantitative estimate of drug-likeness (QED) is 0.643. The Balaban J connectivity index is 2.11. The van der Waals surface area contributed by atoms with Gasteiger partial charge in [-0.1, -0.05) is 24.3 Å². The minimum Gasteiger partial charge on any atom is -0.343 e. The first-order chi connectivity index (χ1) is 10.1. The van der Waals surface area contributed by atoms with Crippen molar-refractivity contribution in [3.8, 4) is 0 Å². The van der Waals surface area contributed by atoms with Gasteiger partial charge in [0, 0.05) is 36.3 Å². The molecule has 0 N–H and O–H groups in total. The van der Waals surface area contributed by atoms with Gasteiger partial charge in [-0.2, -0.15) is 0 Å². The third-order valence-electron chi connectivity index (χ3n) is 3.42. The number of allylic oxidation sites excluding steroid dienone is 1. The van der Waals surface area contributed by atoms with Crippen LogP contribution in [0.25, 0.3) is 17.0 Å². The zero-order valence-corrected chi connectivity index (χ0v) is 12.4. The van der Waals surface area contributed by atoms with E-state index in [1.165, 1.54) is 7.05 Å². The van der Waals surface area contributed by atoms with E-state index in [4.69, 9.17) is 0 Å². The molecule has 3 rings (SSSR count). The van der Waals surface area contributed by atoms with Gasteiger partial charge in [-0.15, -0.1) is 6.58 Å². The fraction of sp³-hybridized carbons (Fsp3) is 0.125. The van der Waals surface area contributed by atoms with Crippen LogP contribution in [0, 0.1) is 0 Å². The Morgan fingerprint density at radius 3 is 2.71 bits per heavy atom. The Morgan fingerprint density at radius 2 is 2.05 bits per heavy atom. The van der Waals surface area contributed by atoms with Crippen LogP contribution in [0.1, 0.15) is 5.56 Å². The fourth-order valence-corrected chi connectivity index (χ4v) is 3.19. The first-order valence-corrected chi connectivity index (χ1v) is 7.34. The maximum absolute atomic E-state index is 12.0. The molecule has 0 saturated carbocycles. The molecule has 0 bridgehead atoms. The highest BCUT2D eigenvalue weighted by molar-refractivity contribution is 8.18. The molecule has 2 amide bonds. The van der Waals surface area contributed by atoms with Crippen LogP contribution in [0.2, 0.25) is 0 Å². The van der Waals surface area contributed by atoms with Crippen molar-refractivity contribution in [3.63, 3.8) is 0 Å². The number of amides is 2. The molecule has 1 saturated heterocycles. The lowest BCUT2D eigenvalue weighted by Gasteiger charge is -2.00. The van der Waals surface area contributed by atoms with Gasteiger partial charge in [0.1, 0.15) is 0 Å². The Morgan fingerprint density at radius 1 is 1.29 bits per heavy atom. The number of imide groups is 1. The largest absolute Gasteiger partial charge is 0.343 e. The van der Waals surface area contributed by atoms with E-state index in [0.717, 1.165) is 33.1 Å². The second kappa shape index (κ2) is 5.26. The van der Waals surface area contributed by atoms with Crippen molar-refractivity contribution < 1.29 is 9.59 Å². The van der Waals surface area contributed by atoms with E-state index in [-0.39, 0.29) is 11.1 Å². The van der Waals surface area contributed by atoms with Crippen LogP contribution < -0.4 is 0 Å². The van der Waals surface area contributed by atoms with Crippen molar-refractivity contribution in [2.75, 3.05) is 7.05 Å². The standard InChI is InChI=1S/C16H14N2O2S/c1-3-8-18-10-11(12-6-4-5-7-13(12)18)9-14-15(19)17(2)16(20)21-14/h3-7,9-10H,1,8H2,2H3. The average molecular weight is 298 g/mol. The van der Waals surface area contributed by atoms with Gasteiger partial charge in [-0.05, 0) is 23.9 Å². The zero-order chi connectivity index (χ0) is 15.0. The summed E-state index contributed by atoms with van der Waals surface area (Å²) in [6, 6.07) is 7.98. The summed E-state index contributed by atoms with van der Waals surface area (Å²) in [5.74, 6) is -0.245. The third-order valence-corrected chi connectivity index (χ3v) is 4.38. The number of fused-ring (bicyclic) bond motifs is 1. The van der Waals surface area contributed by atoms with Gasteiger partial charge in [0.25, 0.3) is 11.1 Å². The summed E-state index contributed by atoms with van der Waals surface area (Å²) in [5, 5.41) is 0.823. The first kappa shape index (κ1) is 13.7. The van der Waals surface area contributed by atoms with Crippen LogP contribution in [-0.4, -0.2) is 27.7 Å². The minimum atomic E-state index is -0.245. The molecule has 106 valence electrons. The number of carbonyl (C=O) groups excluding carboxylic acids is 2. The Labute approximate surface area is 126 Å². The Bertz CT molecular complexity index is 789. The van der Waals surface area contributed by atoms with Gasteiger partial charge < -0.3 is 4.57 Å². The van der Waals surface area contributed by atoms with Crippen molar-refractivity contribution in [3.05, 3.63) is 53.6 Å². The second-order valence-corrected chi connectivity index (χ2v) is 5.78. The van der Waals surface area contributed by atoms with Crippen LogP contribution in [-0.2, 0) is 11.3 Å². The molecule has 1 aliphatic heterocycles. The molecule has 1 aliphatic rings. The second-order valence-electron chi connectivity index (χ2n) is 4.78. The van der Waals surface area contributed by atoms with Gasteiger partial charge >= 0.3 is 0 Å². The highest BCUT2D eigenvalue weighted by Gasteiger charge is 2.31. The maximum Gasteiger partial charge on any atom is 0.293 e. The highest BCUT2D eigenvalue weighted by atomic mass is 32.2. The van der Waals surface area contributed by atoms with E-state index in [2.05, 4.69) is 11.1 Å². The monoisotopic (exact) mass is 298 g/mol. The average Bonchev–Trinajstić information content (AvgIpc) is 2.94. The molecule has 21 heavy (non-hydrogen) atoms. The number of benzene rings is 1. The number of hydrogen-bond donors (Lipinski definition) is 0. The van der Waals surface area contributed by atoms with Gasteiger partial charge in [-0.3, -0.25) is 14.5 Å². The van der Waals surface area contributed by atoms with Crippen molar-refractivity contribution in [2.24, 2.45) is 0 Å². The lowest BCUT2D eigenvalue weighted by molar-refractivity contribution is -0.121. The van der Waals surface area contributed by atoms with Crippen LogP contribution in [0.3, 0.4) is 0 Å². The van der Waals surface area contributed by atoms with Crippen molar-refractivity contribution >= 4 is 39.9 Å². The summed E-state index contributed by atoms with van der Waals surface area (Å²) in [6.45, 7) is 4.46. The number of rotatable bonds is 3. The van der Waals surface area contributed by atoms with E-state index in [0.29, 0.717) is 11.4 Å². The molecule has 4 nitrogen and oxygen atoms in total. The highest BCUT2D eigenvalue weighted by Crippen LogP contribution is 2.33. The molecule has 2 aromatic rings. The third kappa shape index (κ3) is 2.29. The zero-order valence-electron chi connectivity index (χ0n) is 11.6. The first-order valence-electron chi connectivity index (χ1n) is 6.52. The van der Waals surface area contributed by atoms with Crippen LogP contribution >= 0.6 is 11.8 Å². The van der Waals surface area contributed by atoms with Gasteiger partial charge in [0.05, 0.1) is 4.91 Å². The maximum atomic E-state index is 12.0. The predicted octanol–water partition coefficient (Wildman–Crippen LogP) is 3.49. The lowest BCUT2D eigenvalue weighted by atomic mass is 10.1. The molecule has 0 aliphatic carbocycles. The van der Waals surface area contributed by atoms with E-state index >= 15 is 0 Å². The van der Waals surface area contributed by atoms with Gasteiger partial charge in [0.2, 0.25) is 0 Å². The molecule has 2 heterocycles. The molecule has 5 heteroatoms. The molecular formula is C16H14N2O2S. The normalized spacial score (nSPS) is 17.2. The summed E-state index contributed by atoms with van der Waals surface area (Å²) in [4.78, 5) is 25.1. The molecule has 0 spiro atoms. The van der Waals surface area contributed by atoms with Crippen molar-refractivity contribution in [1.82, 2.24) is 9.47 Å². The van der Waals surface area contributed by atoms with Crippen LogP contribution in [0.4, 0.5) is 4.79 Å². The molecule has 0 radical (unpaired) electrons. The number of aromatic nitrogens is 1. The predicted molar refractivity (Wildman–Crippen MR) is 85.9 cm³/mol. The van der Waals surface area contributed by atoms with Gasteiger partial charge in [0.15, 0.2) is 0 Å². The Kier molecular flexibility index (Phi) is 3.43. The summed E-state index contributed by atoms with van der Waals surface area (Å²) < 4.78 is 2.07. The van der Waals surface area contributed by atoms with Crippen molar-refractivity contribution in [1.29, 1.82) is 0 Å². The number of carbonyl (C=O) groups is 2. The van der Waals surface area contributed by atoms with E-state index in [1.807, 2.05) is 36.5 Å². The minimum absolute atomic E-state index is 0.235. The molecule has 0 atom stereocenters. The molecule has 1 fully saturated rings. The van der Waals surface area contributed by atoms with Crippen LogP contribution in [0.5, 0.6) is 0 Å². The molecular weight excluding hydrogens is 284 g/mol. The summed E-state index contributed by atoms with van der Waals surface area (Å²) in [6.07, 6.45) is 5.60. The molecule has 1 aromatic carbocycles. The number of likely N-dealkylation sites (N-methyl/N-ethyl adjacent to an activating group) is 1. The summed E-state index contributed by atoms with van der Waals surface area (Å²) >= 11 is 0.977. The van der Waals surface area contributed by atoms with Crippen molar-refractivity contribution in [2.45, 2.75) is 6.54 Å². The topological polar surface area (TPSA) is 42.3 Å². The number of para-hydroxylation sites is 1. The van der Waals surface area contributed by atoms with E-state index in [1.54, 1.807) is 6.08 Å². The van der Waals surface area contributed by atoms with E-state index < -0.39 is 0 Å². The Hall–Kier alpha value is -2.27. The SMILES string of the molecule is C=CCn1cc(C=C2SC(=O)N(C)C2=O)c2ccccc21. The molecule has 0 unspecified atom stereocenters. The summed E-state index contributed by atoms with van der Waals surface area (Å²) in [5.41, 5.74) is 2.02. The van der Waals surface area contributed by atoms with Crippen LogP contribution in [0.15, 0.2) is 48.0 Å². The number of thioether (sulfide) groups is 1.